The zero-order valence-corrected chi connectivity index (χ0v) is 12.7. The Kier molecular flexibility index (Phi) is 4.01. The first kappa shape index (κ1) is 14.2. The van der Waals surface area contributed by atoms with Gasteiger partial charge >= 0.3 is 0 Å². The first-order chi connectivity index (χ1) is 10.1. The van der Waals surface area contributed by atoms with Crippen LogP contribution in [0.3, 0.4) is 0 Å². The number of benzene rings is 1. The minimum absolute atomic E-state index is 0.101. The first-order valence-electron chi connectivity index (χ1n) is 7.60. The van der Waals surface area contributed by atoms with Gasteiger partial charge in [-0.15, -0.1) is 0 Å². The van der Waals surface area contributed by atoms with E-state index in [9.17, 15) is 4.79 Å². The second kappa shape index (κ2) is 5.93. The van der Waals surface area contributed by atoms with Gasteiger partial charge in [0.2, 0.25) is 0 Å². The normalized spacial score (nSPS) is 25.0. The summed E-state index contributed by atoms with van der Waals surface area (Å²) < 4.78 is 5.88. The largest absolute Gasteiger partial charge is 0.477 e. The molecule has 5 nitrogen and oxygen atoms in total. The van der Waals surface area contributed by atoms with Gasteiger partial charge in [0.25, 0.3) is 5.91 Å². The van der Waals surface area contributed by atoms with E-state index in [0.29, 0.717) is 12.6 Å². The lowest BCUT2D eigenvalue weighted by atomic mass is 10.0. The fourth-order valence-electron chi connectivity index (χ4n) is 3.03. The Labute approximate surface area is 125 Å². The maximum absolute atomic E-state index is 12.7. The van der Waals surface area contributed by atoms with Gasteiger partial charge in [0, 0.05) is 19.1 Å². The van der Waals surface area contributed by atoms with Crippen LogP contribution < -0.4 is 10.1 Å². The first-order valence-corrected chi connectivity index (χ1v) is 7.60. The highest BCUT2D eigenvalue weighted by atomic mass is 16.5. The average Bonchev–Trinajstić information content (AvgIpc) is 2.53. The predicted octanol–water partition coefficient (Wildman–Crippen LogP) is 1.41. The van der Waals surface area contributed by atoms with Crippen LogP contribution in [0.25, 0.3) is 0 Å². The number of ether oxygens (including phenoxy) is 1. The molecule has 1 saturated heterocycles. The Morgan fingerprint density at radius 2 is 2.19 bits per heavy atom. The van der Waals surface area contributed by atoms with Crippen LogP contribution in [0, 0.1) is 0 Å². The molecule has 0 aromatic heterocycles. The van der Waals surface area contributed by atoms with Gasteiger partial charge in [-0.25, -0.2) is 0 Å². The van der Waals surface area contributed by atoms with Crippen LogP contribution in [0.1, 0.15) is 12.8 Å². The van der Waals surface area contributed by atoms with Crippen molar-refractivity contribution in [3.8, 4) is 5.75 Å². The number of nitrogens with one attached hydrogen (secondary N) is 1. The van der Waals surface area contributed by atoms with E-state index in [1.807, 2.05) is 29.2 Å². The quantitative estimate of drug-likeness (QED) is 0.894. The molecule has 2 unspecified atom stereocenters. The molecular formula is C16H23N3O2. The van der Waals surface area contributed by atoms with Crippen molar-refractivity contribution in [2.75, 3.05) is 39.0 Å². The molecule has 1 aromatic carbocycles. The molecular weight excluding hydrogens is 266 g/mol. The van der Waals surface area contributed by atoms with Crippen molar-refractivity contribution >= 4 is 11.6 Å². The number of rotatable bonds is 2. The number of nitrogens with zero attached hydrogens (tertiary/aromatic N) is 2. The van der Waals surface area contributed by atoms with E-state index in [2.05, 4.69) is 24.3 Å². The summed E-state index contributed by atoms with van der Waals surface area (Å²) in [5, 5.41) is 3.28. The number of anilines is 1. The number of hydrogen-bond donors (Lipinski definition) is 1. The molecule has 1 aromatic rings. The Morgan fingerprint density at radius 3 is 3.00 bits per heavy atom. The number of hydrogen-bond acceptors (Lipinski definition) is 4. The molecule has 21 heavy (non-hydrogen) atoms. The minimum Gasteiger partial charge on any atom is -0.477 e. The molecule has 3 rings (SSSR count). The maximum Gasteiger partial charge on any atom is 0.265 e. The Balaban J connectivity index is 1.66. The van der Waals surface area contributed by atoms with Crippen LogP contribution in [-0.4, -0.2) is 61.6 Å². The Bertz CT molecular complexity index is 518. The van der Waals surface area contributed by atoms with Gasteiger partial charge in [-0.05, 0) is 39.1 Å². The molecule has 114 valence electrons. The minimum atomic E-state index is -0.416. The van der Waals surface area contributed by atoms with E-state index >= 15 is 0 Å². The van der Waals surface area contributed by atoms with Crippen LogP contribution in [0.4, 0.5) is 5.69 Å². The van der Waals surface area contributed by atoms with Crippen LogP contribution in [0.2, 0.25) is 0 Å². The number of piperidine rings is 1. The lowest BCUT2D eigenvalue weighted by Crippen LogP contribution is -2.53. The molecule has 0 aliphatic carbocycles. The molecule has 0 spiro atoms. The molecule has 0 radical (unpaired) electrons. The maximum atomic E-state index is 12.7. The van der Waals surface area contributed by atoms with E-state index < -0.39 is 6.10 Å². The van der Waals surface area contributed by atoms with E-state index in [4.69, 9.17) is 4.74 Å². The molecule has 0 saturated carbocycles. The summed E-state index contributed by atoms with van der Waals surface area (Å²) in [4.78, 5) is 16.8. The number of fused-ring (bicyclic) bond motifs is 1. The van der Waals surface area contributed by atoms with Crippen LogP contribution in [0.15, 0.2) is 24.3 Å². The zero-order chi connectivity index (χ0) is 14.8. The molecule has 2 heterocycles. The molecule has 2 atom stereocenters. The highest BCUT2D eigenvalue weighted by Crippen LogP contribution is 2.29. The number of para-hydroxylation sites is 2. The molecule has 2 aliphatic rings. The van der Waals surface area contributed by atoms with Gasteiger partial charge in [-0.3, -0.25) is 4.79 Å². The molecule has 2 aliphatic heterocycles. The summed E-state index contributed by atoms with van der Waals surface area (Å²) >= 11 is 0. The number of carbonyl (C=O) groups is 1. The third kappa shape index (κ3) is 2.97. The smallest absolute Gasteiger partial charge is 0.265 e. The van der Waals surface area contributed by atoms with Crippen molar-refractivity contribution in [2.24, 2.45) is 0 Å². The molecule has 1 fully saturated rings. The summed E-state index contributed by atoms with van der Waals surface area (Å²) in [5.41, 5.74) is 0.964. The van der Waals surface area contributed by atoms with Crippen molar-refractivity contribution in [2.45, 2.75) is 25.0 Å². The van der Waals surface area contributed by atoms with Crippen molar-refractivity contribution in [3.63, 3.8) is 0 Å². The van der Waals surface area contributed by atoms with E-state index in [-0.39, 0.29) is 5.91 Å². The molecule has 1 N–H and O–H groups in total. The Hall–Kier alpha value is -1.75. The van der Waals surface area contributed by atoms with Crippen molar-refractivity contribution in [1.82, 2.24) is 9.80 Å². The summed E-state index contributed by atoms with van der Waals surface area (Å²) in [6.07, 6.45) is 1.80. The van der Waals surface area contributed by atoms with E-state index in [0.717, 1.165) is 37.4 Å². The van der Waals surface area contributed by atoms with Gasteiger partial charge in [-0.1, -0.05) is 12.1 Å². The van der Waals surface area contributed by atoms with E-state index in [1.54, 1.807) is 0 Å². The van der Waals surface area contributed by atoms with Crippen LogP contribution in [-0.2, 0) is 4.79 Å². The highest BCUT2D eigenvalue weighted by Gasteiger charge is 2.32. The SMILES string of the molecule is CN(C)C1CCCN(C(=O)C2CNc3ccccc3O2)C1. The third-order valence-electron chi connectivity index (χ3n) is 4.35. The monoisotopic (exact) mass is 289 g/mol. The van der Waals surface area contributed by atoms with Crippen molar-refractivity contribution in [1.29, 1.82) is 0 Å². The van der Waals surface area contributed by atoms with Gasteiger partial charge < -0.3 is 19.9 Å². The highest BCUT2D eigenvalue weighted by molar-refractivity contribution is 5.83. The van der Waals surface area contributed by atoms with Crippen LogP contribution in [0.5, 0.6) is 5.75 Å². The Morgan fingerprint density at radius 1 is 1.38 bits per heavy atom. The van der Waals surface area contributed by atoms with Gasteiger partial charge in [-0.2, -0.15) is 0 Å². The molecule has 0 bridgehead atoms. The summed E-state index contributed by atoms with van der Waals surface area (Å²) in [7, 11) is 4.15. The van der Waals surface area contributed by atoms with Gasteiger partial charge in [0.05, 0.1) is 12.2 Å². The van der Waals surface area contributed by atoms with Crippen molar-refractivity contribution in [3.05, 3.63) is 24.3 Å². The number of carbonyl (C=O) groups excluding carboxylic acids is 1. The number of amides is 1. The number of likely N-dealkylation sites (N-methyl/N-ethyl adjacent to an activating group) is 1. The summed E-state index contributed by atoms with van der Waals surface area (Å²) in [5.74, 6) is 0.867. The standard InChI is InChI=1S/C16H23N3O2/c1-18(2)12-6-5-9-19(11-12)16(20)15-10-17-13-7-3-4-8-14(13)21-15/h3-4,7-8,12,15,17H,5-6,9-11H2,1-2H3. The van der Waals surface area contributed by atoms with Crippen molar-refractivity contribution < 1.29 is 9.53 Å². The second-order valence-electron chi connectivity index (χ2n) is 6.03. The van der Waals surface area contributed by atoms with E-state index in [1.165, 1.54) is 0 Å². The van der Waals surface area contributed by atoms with Gasteiger partial charge in [0.1, 0.15) is 5.75 Å². The molecule has 5 heteroatoms. The summed E-state index contributed by atoms with van der Waals surface area (Å²) in [6.45, 7) is 2.18. The lowest BCUT2D eigenvalue weighted by Gasteiger charge is -2.38. The zero-order valence-electron chi connectivity index (χ0n) is 12.7. The molecule has 1 amide bonds. The number of likely N-dealkylation sites (tertiary alicyclic amines) is 1. The topological polar surface area (TPSA) is 44.8 Å². The fourth-order valence-corrected chi connectivity index (χ4v) is 3.03. The summed E-state index contributed by atoms with van der Waals surface area (Å²) in [6, 6.07) is 8.21. The third-order valence-corrected chi connectivity index (χ3v) is 4.35. The van der Waals surface area contributed by atoms with Crippen LogP contribution >= 0.6 is 0 Å². The van der Waals surface area contributed by atoms with Gasteiger partial charge in [0.15, 0.2) is 6.10 Å². The predicted molar refractivity (Wildman–Crippen MR) is 82.6 cm³/mol. The lowest BCUT2D eigenvalue weighted by molar-refractivity contribution is -0.140. The fraction of sp³-hybridized carbons (Fsp3) is 0.562. The average molecular weight is 289 g/mol. The second-order valence-corrected chi connectivity index (χ2v) is 6.03.